The zero-order valence-electron chi connectivity index (χ0n) is 11.4. The van der Waals surface area contributed by atoms with Gasteiger partial charge in [0.05, 0.1) is 10.7 Å². The fourth-order valence-electron chi connectivity index (χ4n) is 1.80. The van der Waals surface area contributed by atoms with Crippen molar-refractivity contribution in [2.24, 2.45) is 5.73 Å². The molecule has 0 fully saturated rings. The van der Waals surface area contributed by atoms with Crippen LogP contribution in [0.4, 0.5) is 5.69 Å². The van der Waals surface area contributed by atoms with E-state index >= 15 is 0 Å². The average Bonchev–Trinajstić information content (AvgIpc) is 2.45. The van der Waals surface area contributed by atoms with E-state index in [1.807, 2.05) is 12.1 Å². The second-order valence-corrected chi connectivity index (χ2v) is 6.24. The van der Waals surface area contributed by atoms with Crippen molar-refractivity contribution in [2.45, 2.75) is 6.54 Å². The van der Waals surface area contributed by atoms with Crippen molar-refractivity contribution >= 4 is 50.7 Å². The topological polar surface area (TPSA) is 64.4 Å². The molecule has 0 unspecified atom stereocenters. The number of hydrogen-bond donors (Lipinski definition) is 2. The van der Waals surface area contributed by atoms with Gasteiger partial charge >= 0.3 is 0 Å². The summed E-state index contributed by atoms with van der Waals surface area (Å²) in [5, 5.41) is 4.31. The highest BCUT2D eigenvalue weighted by Gasteiger charge is 2.08. The first-order chi connectivity index (χ1) is 10.5. The predicted molar refractivity (Wildman–Crippen MR) is 92.6 cm³/mol. The van der Waals surface area contributed by atoms with Crippen LogP contribution in [-0.2, 0) is 11.3 Å². The lowest BCUT2D eigenvalue weighted by Gasteiger charge is -2.13. The molecule has 4 nitrogen and oxygen atoms in total. The maximum atomic E-state index is 10.8. The van der Waals surface area contributed by atoms with Gasteiger partial charge in [-0.1, -0.05) is 39.1 Å². The molecule has 0 radical (unpaired) electrons. The predicted octanol–water partition coefficient (Wildman–Crippen LogP) is 4.23. The largest absolute Gasteiger partial charge is 0.483 e. The Morgan fingerprint density at radius 2 is 2.00 bits per heavy atom. The third-order valence-corrected chi connectivity index (χ3v) is 3.83. The first-order valence-electron chi connectivity index (χ1n) is 6.34. The van der Waals surface area contributed by atoms with Crippen LogP contribution in [0.5, 0.6) is 5.75 Å². The standard InChI is InChI=1S/C15H13BrCl2N2O2/c16-10-1-4-14(22-8-15(19)21)9(5-10)7-20-13-3-2-11(17)6-12(13)18/h1-6,20H,7-8H2,(H2,19,21). The molecule has 0 aliphatic rings. The molecule has 0 saturated carbocycles. The Balaban J connectivity index is 2.13. The zero-order chi connectivity index (χ0) is 16.1. The molecule has 0 aromatic heterocycles. The van der Waals surface area contributed by atoms with Crippen LogP contribution in [0, 0.1) is 0 Å². The summed E-state index contributed by atoms with van der Waals surface area (Å²) in [6.45, 7) is 0.297. The summed E-state index contributed by atoms with van der Waals surface area (Å²) in [6.07, 6.45) is 0. The van der Waals surface area contributed by atoms with Gasteiger partial charge in [0.2, 0.25) is 0 Å². The number of carbonyl (C=O) groups is 1. The highest BCUT2D eigenvalue weighted by Crippen LogP contribution is 2.28. The van der Waals surface area contributed by atoms with Gasteiger partial charge in [-0.3, -0.25) is 4.79 Å². The lowest BCUT2D eigenvalue weighted by atomic mass is 10.2. The van der Waals surface area contributed by atoms with Crippen LogP contribution in [0.25, 0.3) is 0 Å². The van der Waals surface area contributed by atoms with E-state index in [0.717, 1.165) is 15.7 Å². The Morgan fingerprint density at radius 3 is 2.68 bits per heavy atom. The van der Waals surface area contributed by atoms with Gasteiger partial charge in [0.25, 0.3) is 5.91 Å². The van der Waals surface area contributed by atoms with Crippen LogP contribution < -0.4 is 15.8 Å². The Bertz CT molecular complexity index is 695. The summed E-state index contributed by atoms with van der Waals surface area (Å²) in [7, 11) is 0. The van der Waals surface area contributed by atoms with Gasteiger partial charge in [0.15, 0.2) is 6.61 Å². The van der Waals surface area contributed by atoms with E-state index in [1.165, 1.54) is 0 Å². The van der Waals surface area contributed by atoms with E-state index in [2.05, 4.69) is 21.2 Å². The molecule has 0 aliphatic carbocycles. The lowest BCUT2D eigenvalue weighted by molar-refractivity contribution is -0.119. The van der Waals surface area contributed by atoms with E-state index in [4.69, 9.17) is 33.7 Å². The molecule has 116 valence electrons. The summed E-state index contributed by atoms with van der Waals surface area (Å²) in [4.78, 5) is 10.8. The van der Waals surface area contributed by atoms with Crippen LogP contribution in [0.2, 0.25) is 10.0 Å². The van der Waals surface area contributed by atoms with Gasteiger partial charge in [-0.25, -0.2) is 0 Å². The maximum absolute atomic E-state index is 10.8. The molecule has 2 aromatic rings. The number of carbonyl (C=O) groups excluding carboxylic acids is 1. The monoisotopic (exact) mass is 402 g/mol. The van der Waals surface area contributed by atoms with Crippen LogP contribution in [0.3, 0.4) is 0 Å². The minimum atomic E-state index is -0.525. The molecule has 0 heterocycles. The third-order valence-electron chi connectivity index (χ3n) is 2.79. The Labute approximate surface area is 146 Å². The maximum Gasteiger partial charge on any atom is 0.255 e. The lowest BCUT2D eigenvalue weighted by Crippen LogP contribution is -2.20. The van der Waals surface area contributed by atoms with E-state index in [-0.39, 0.29) is 6.61 Å². The SMILES string of the molecule is NC(=O)COc1ccc(Br)cc1CNc1ccc(Cl)cc1Cl. The van der Waals surface area contributed by atoms with E-state index in [0.29, 0.717) is 22.3 Å². The molecule has 3 N–H and O–H groups in total. The number of nitrogens with two attached hydrogens (primary N) is 1. The fraction of sp³-hybridized carbons (Fsp3) is 0.133. The second kappa shape index (κ2) is 7.72. The summed E-state index contributed by atoms with van der Waals surface area (Å²) < 4.78 is 6.30. The molecule has 0 aliphatic heterocycles. The van der Waals surface area contributed by atoms with E-state index in [9.17, 15) is 4.79 Å². The van der Waals surface area contributed by atoms with Crippen molar-refractivity contribution in [1.29, 1.82) is 0 Å². The summed E-state index contributed by atoms with van der Waals surface area (Å²) in [5.41, 5.74) is 6.72. The van der Waals surface area contributed by atoms with Crippen molar-refractivity contribution in [2.75, 3.05) is 11.9 Å². The highest BCUT2D eigenvalue weighted by atomic mass is 79.9. The minimum absolute atomic E-state index is 0.170. The Morgan fingerprint density at radius 1 is 1.23 bits per heavy atom. The number of benzene rings is 2. The zero-order valence-corrected chi connectivity index (χ0v) is 14.5. The second-order valence-electron chi connectivity index (χ2n) is 4.48. The first kappa shape index (κ1) is 16.9. The van der Waals surface area contributed by atoms with Gasteiger partial charge in [0.1, 0.15) is 5.75 Å². The highest BCUT2D eigenvalue weighted by molar-refractivity contribution is 9.10. The molecule has 7 heteroatoms. The normalized spacial score (nSPS) is 10.3. The molecule has 22 heavy (non-hydrogen) atoms. The number of rotatable bonds is 6. The molecule has 2 aromatic carbocycles. The molecule has 0 spiro atoms. The van der Waals surface area contributed by atoms with Crippen molar-refractivity contribution in [3.8, 4) is 5.75 Å². The van der Waals surface area contributed by atoms with Crippen LogP contribution >= 0.6 is 39.1 Å². The summed E-state index contributed by atoms with van der Waals surface area (Å²) >= 11 is 15.4. The minimum Gasteiger partial charge on any atom is -0.483 e. The molecular weight excluding hydrogens is 391 g/mol. The van der Waals surface area contributed by atoms with Crippen LogP contribution in [0.1, 0.15) is 5.56 Å². The smallest absolute Gasteiger partial charge is 0.255 e. The molecule has 0 saturated heterocycles. The Kier molecular flexibility index (Phi) is 5.94. The van der Waals surface area contributed by atoms with Crippen LogP contribution in [-0.4, -0.2) is 12.5 Å². The molecule has 2 rings (SSSR count). The average molecular weight is 404 g/mol. The molecule has 1 amide bonds. The molecule has 0 atom stereocenters. The van der Waals surface area contributed by atoms with Crippen LogP contribution in [0.15, 0.2) is 40.9 Å². The third kappa shape index (κ3) is 4.80. The summed E-state index contributed by atoms with van der Waals surface area (Å²) in [6, 6.07) is 10.7. The quantitative estimate of drug-likeness (QED) is 0.758. The van der Waals surface area contributed by atoms with Gasteiger partial charge in [-0.15, -0.1) is 0 Å². The van der Waals surface area contributed by atoms with Gasteiger partial charge in [-0.05, 0) is 36.4 Å². The number of anilines is 1. The van der Waals surface area contributed by atoms with Crippen molar-refractivity contribution in [1.82, 2.24) is 0 Å². The van der Waals surface area contributed by atoms with Crippen molar-refractivity contribution in [3.63, 3.8) is 0 Å². The van der Waals surface area contributed by atoms with Gasteiger partial charge in [-0.2, -0.15) is 0 Å². The van der Waals surface area contributed by atoms with E-state index in [1.54, 1.807) is 24.3 Å². The number of halogens is 3. The number of nitrogens with one attached hydrogen (secondary N) is 1. The van der Waals surface area contributed by atoms with E-state index < -0.39 is 5.91 Å². The number of hydrogen-bond acceptors (Lipinski definition) is 3. The summed E-state index contributed by atoms with van der Waals surface area (Å²) in [5.74, 6) is 0.0576. The molecular formula is C15H13BrCl2N2O2. The van der Waals surface area contributed by atoms with Gasteiger partial charge < -0.3 is 15.8 Å². The van der Waals surface area contributed by atoms with Gasteiger partial charge in [0, 0.05) is 21.6 Å². The first-order valence-corrected chi connectivity index (χ1v) is 7.89. The number of primary amides is 1. The number of ether oxygens (including phenoxy) is 1. The fourth-order valence-corrected chi connectivity index (χ4v) is 2.68. The number of amides is 1. The van der Waals surface area contributed by atoms with Crippen molar-refractivity contribution in [3.05, 3.63) is 56.5 Å². The Hall–Kier alpha value is -1.43. The van der Waals surface area contributed by atoms with Crippen molar-refractivity contribution < 1.29 is 9.53 Å². The molecule has 0 bridgehead atoms.